The molecule has 0 unspecified atom stereocenters. The van der Waals surface area contributed by atoms with Gasteiger partial charge in [0.15, 0.2) is 11.5 Å². The van der Waals surface area contributed by atoms with Crippen molar-refractivity contribution in [2.24, 2.45) is 5.10 Å². The van der Waals surface area contributed by atoms with Crippen LogP contribution in [0.5, 0.6) is 11.5 Å². The van der Waals surface area contributed by atoms with E-state index < -0.39 is 11.8 Å². The molecule has 0 atom stereocenters. The molecule has 0 saturated carbocycles. The Balaban J connectivity index is 2.01. The quantitative estimate of drug-likeness (QED) is 0.445. The van der Waals surface area contributed by atoms with Gasteiger partial charge in [-0.25, -0.2) is 5.43 Å². The van der Waals surface area contributed by atoms with Crippen LogP contribution in [0.15, 0.2) is 53.6 Å². The fourth-order valence-corrected chi connectivity index (χ4v) is 2.17. The van der Waals surface area contributed by atoms with Gasteiger partial charge in [0.25, 0.3) is 0 Å². The lowest BCUT2D eigenvalue weighted by molar-refractivity contribution is -0.139. The van der Waals surface area contributed by atoms with Gasteiger partial charge in [-0.2, -0.15) is 5.10 Å². The van der Waals surface area contributed by atoms with Crippen molar-refractivity contribution in [2.75, 3.05) is 7.11 Å². The van der Waals surface area contributed by atoms with Gasteiger partial charge in [-0.05, 0) is 43.2 Å². The lowest BCUT2D eigenvalue weighted by Crippen LogP contribution is -2.41. The first-order valence-corrected chi connectivity index (χ1v) is 8.48. The van der Waals surface area contributed by atoms with Crippen molar-refractivity contribution in [1.29, 1.82) is 0 Å². The number of ether oxygens (including phenoxy) is 2. The third-order valence-electron chi connectivity index (χ3n) is 3.43. The SMILES string of the molecule is COc1ccc(/C=N\NC(=O)C(=O)NC(C)C)cc1OCc1ccccc1. The molecule has 7 heteroatoms. The molecule has 0 radical (unpaired) electrons. The molecule has 2 aromatic carbocycles. The standard InChI is InChI=1S/C20H23N3O4/c1-14(2)22-19(24)20(25)23-21-12-16-9-10-17(26-3)18(11-16)27-13-15-7-5-4-6-8-15/h4-12,14H,13H2,1-3H3,(H,22,24)(H,23,25)/b21-12-. The Labute approximate surface area is 158 Å². The maximum atomic E-state index is 11.6. The minimum Gasteiger partial charge on any atom is -0.493 e. The number of hydrazone groups is 1. The number of nitrogens with zero attached hydrogens (tertiary/aromatic N) is 1. The summed E-state index contributed by atoms with van der Waals surface area (Å²) in [6.07, 6.45) is 1.43. The molecule has 0 aliphatic rings. The van der Waals surface area contributed by atoms with E-state index in [2.05, 4.69) is 15.8 Å². The van der Waals surface area contributed by atoms with Crippen LogP contribution >= 0.6 is 0 Å². The largest absolute Gasteiger partial charge is 0.493 e. The van der Waals surface area contributed by atoms with Gasteiger partial charge in [-0.3, -0.25) is 9.59 Å². The van der Waals surface area contributed by atoms with Gasteiger partial charge in [0.1, 0.15) is 6.61 Å². The molecule has 0 bridgehead atoms. The van der Waals surface area contributed by atoms with Crippen molar-refractivity contribution in [3.8, 4) is 11.5 Å². The number of hydrogen-bond donors (Lipinski definition) is 2. The van der Waals surface area contributed by atoms with Crippen LogP contribution in [0, 0.1) is 0 Å². The monoisotopic (exact) mass is 369 g/mol. The van der Waals surface area contributed by atoms with E-state index in [1.165, 1.54) is 6.21 Å². The first-order chi connectivity index (χ1) is 13.0. The molecular weight excluding hydrogens is 346 g/mol. The normalized spacial score (nSPS) is 10.7. The van der Waals surface area contributed by atoms with Crippen LogP contribution in [0.3, 0.4) is 0 Å². The van der Waals surface area contributed by atoms with Crippen LogP contribution in [0.4, 0.5) is 0 Å². The number of benzene rings is 2. The molecule has 0 saturated heterocycles. The number of carbonyl (C=O) groups excluding carboxylic acids is 2. The van der Waals surface area contributed by atoms with Crippen LogP contribution in [-0.2, 0) is 16.2 Å². The number of methoxy groups -OCH3 is 1. The number of carbonyl (C=O) groups is 2. The van der Waals surface area contributed by atoms with Gasteiger partial charge >= 0.3 is 11.8 Å². The lowest BCUT2D eigenvalue weighted by Gasteiger charge is -2.11. The molecule has 0 aliphatic carbocycles. The van der Waals surface area contributed by atoms with E-state index >= 15 is 0 Å². The predicted octanol–water partition coefficient (Wildman–Crippen LogP) is 2.25. The third-order valence-corrected chi connectivity index (χ3v) is 3.43. The van der Waals surface area contributed by atoms with Gasteiger partial charge < -0.3 is 14.8 Å². The second kappa shape index (κ2) is 9.96. The van der Waals surface area contributed by atoms with Gasteiger partial charge in [0.2, 0.25) is 0 Å². The first-order valence-electron chi connectivity index (χ1n) is 8.48. The Morgan fingerprint density at radius 1 is 1.07 bits per heavy atom. The van der Waals surface area contributed by atoms with Crippen LogP contribution in [0.25, 0.3) is 0 Å². The summed E-state index contributed by atoms with van der Waals surface area (Å²) in [5.74, 6) is -0.421. The predicted molar refractivity (Wildman–Crippen MR) is 103 cm³/mol. The van der Waals surface area contributed by atoms with Gasteiger partial charge in [0.05, 0.1) is 13.3 Å². The Morgan fingerprint density at radius 3 is 2.48 bits per heavy atom. The van der Waals surface area contributed by atoms with Crippen molar-refractivity contribution >= 4 is 18.0 Å². The van der Waals surface area contributed by atoms with Crippen molar-refractivity contribution < 1.29 is 19.1 Å². The fourth-order valence-electron chi connectivity index (χ4n) is 2.17. The highest BCUT2D eigenvalue weighted by molar-refractivity contribution is 6.35. The van der Waals surface area contributed by atoms with E-state index in [4.69, 9.17) is 9.47 Å². The zero-order chi connectivity index (χ0) is 19.6. The smallest absolute Gasteiger partial charge is 0.329 e. The molecule has 0 heterocycles. The fraction of sp³-hybridized carbons (Fsp3) is 0.250. The summed E-state index contributed by atoms with van der Waals surface area (Å²) < 4.78 is 11.1. The first kappa shape index (κ1) is 20.0. The maximum absolute atomic E-state index is 11.6. The van der Waals surface area contributed by atoms with Crippen LogP contribution < -0.4 is 20.2 Å². The van der Waals surface area contributed by atoms with Gasteiger partial charge in [-0.15, -0.1) is 0 Å². The Bertz CT molecular complexity index is 804. The minimum atomic E-state index is -0.825. The van der Waals surface area contributed by atoms with E-state index in [9.17, 15) is 9.59 Å². The van der Waals surface area contributed by atoms with Crippen LogP contribution in [0.2, 0.25) is 0 Å². The molecule has 2 amide bonds. The molecule has 2 rings (SSSR count). The van der Waals surface area contributed by atoms with Crippen molar-refractivity contribution in [2.45, 2.75) is 26.5 Å². The summed E-state index contributed by atoms with van der Waals surface area (Å²) in [5, 5.41) is 6.29. The average Bonchev–Trinajstić information content (AvgIpc) is 2.66. The zero-order valence-corrected chi connectivity index (χ0v) is 15.6. The van der Waals surface area contributed by atoms with Crippen LogP contribution in [0.1, 0.15) is 25.0 Å². The van der Waals surface area contributed by atoms with Gasteiger partial charge in [0, 0.05) is 6.04 Å². The summed E-state index contributed by atoms with van der Waals surface area (Å²) in [6.45, 7) is 3.93. The summed E-state index contributed by atoms with van der Waals surface area (Å²) in [4.78, 5) is 23.1. The summed E-state index contributed by atoms with van der Waals surface area (Å²) in [6, 6.07) is 14.9. The highest BCUT2D eigenvalue weighted by Crippen LogP contribution is 2.28. The zero-order valence-electron chi connectivity index (χ0n) is 15.6. The van der Waals surface area contributed by atoms with E-state index in [0.29, 0.717) is 23.7 Å². The number of nitrogens with one attached hydrogen (secondary N) is 2. The van der Waals surface area contributed by atoms with Crippen LogP contribution in [-0.4, -0.2) is 31.2 Å². The number of hydrogen-bond acceptors (Lipinski definition) is 5. The van der Waals surface area contributed by atoms with Gasteiger partial charge in [-0.1, -0.05) is 30.3 Å². The maximum Gasteiger partial charge on any atom is 0.329 e. The molecule has 0 aliphatic heterocycles. The van der Waals surface area contributed by atoms with Crippen molar-refractivity contribution in [3.05, 3.63) is 59.7 Å². The van der Waals surface area contributed by atoms with E-state index in [1.807, 2.05) is 30.3 Å². The summed E-state index contributed by atoms with van der Waals surface area (Å²) in [7, 11) is 1.56. The topological polar surface area (TPSA) is 89.0 Å². The Hall–Kier alpha value is -3.35. The van der Waals surface area contributed by atoms with E-state index in [-0.39, 0.29) is 6.04 Å². The molecule has 7 nitrogen and oxygen atoms in total. The summed E-state index contributed by atoms with van der Waals surface area (Å²) in [5.41, 5.74) is 3.90. The van der Waals surface area contributed by atoms with Crippen molar-refractivity contribution in [1.82, 2.24) is 10.7 Å². The highest BCUT2D eigenvalue weighted by Gasteiger charge is 2.13. The summed E-state index contributed by atoms with van der Waals surface area (Å²) >= 11 is 0. The molecule has 27 heavy (non-hydrogen) atoms. The lowest BCUT2D eigenvalue weighted by atomic mass is 10.2. The highest BCUT2D eigenvalue weighted by atomic mass is 16.5. The molecule has 2 aromatic rings. The molecule has 2 N–H and O–H groups in total. The second-order valence-corrected chi connectivity index (χ2v) is 6.01. The Kier molecular flexibility index (Phi) is 7.37. The molecule has 0 spiro atoms. The van der Waals surface area contributed by atoms with E-state index in [0.717, 1.165) is 5.56 Å². The second-order valence-electron chi connectivity index (χ2n) is 6.01. The minimum absolute atomic E-state index is 0.127. The molecule has 0 aromatic heterocycles. The Morgan fingerprint density at radius 2 is 1.81 bits per heavy atom. The van der Waals surface area contributed by atoms with E-state index in [1.54, 1.807) is 39.2 Å². The molecule has 0 fully saturated rings. The number of amides is 2. The molecular formula is C20H23N3O4. The van der Waals surface area contributed by atoms with Crippen molar-refractivity contribution in [3.63, 3.8) is 0 Å². The average molecular weight is 369 g/mol. The number of rotatable bonds is 7. The third kappa shape index (κ3) is 6.47. The molecule has 142 valence electrons.